The molecule has 2 aromatic carbocycles. The van der Waals surface area contributed by atoms with Crippen molar-refractivity contribution in [1.29, 1.82) is 0 Å². The number of benzene rings is 2. The van der Waals surface area contributed by atoms with E-state index in [9.17, 15) is 9.59 Å². The van der Waals surface area contributed by atoms with Gasteiger partial charge >= 0.3 is 5.97 Å². The second-order valence-corrected chi connectivity index (χ2v) is 6.11. The number of carboxylic acids is 1. The number of hydrogen-bond acceptors (Lipinski definition) is 5. The van der Waals surface area contributed by atoms with Crippen molar-refractivity contribution in [2.75, 3.05) is 7.11 Å². The minimum Gasteiger partial charge on any atom is -0.494 e. The van der Waals surface area contributed by atoms with Gasteiger partial charge in [0.15, 0.2) is 5.17 Å². The van der Waals surface area contributed by atoms with Crippen LogP contribution in [-0.2, 0) is 4.79 Å². The first-order chi connectivity index (χ1) is 12.1. The fourth-order valence-corrected chi connectivity index (χ4v) is 3.02. The van der Waals surface area contributed by atoms with Crippen molar-refractivity contribution >= 4 is 40.6 Å². The van der Waals surface area contributed by atoms with Gasteiger partial charge in [-0.05, 0) is 47.7 Å². The highest BCUT2D eigenvalue weighted by Gasteiger charge is 2.24. The van der Waals surface area contributed by atoms with Gasteiger partial charge in [0, 0.05) is 0 Å². The van der Waals surface area contributed by atoms with Gasteiger partial charge in [-0.2, -0.15) is 0 Å². The smallest absolute Gasteiger partial charge is 0.335 e. The SMILES string of the molecule is COc1ccccc1N=C1NC(=O)/C(=C\c2ccc(C(=O)O)cc2)S1. The molecule has 2 N–H and O–H groups in total. The Hall–Kier alpha value is -3.06. The number of hydrogen-bond donors (Lipinski definition) is 2. The van der Waals surface area contributed by atoms with Gasteiger partial charge in [-0.1, -0.05) is 24.3 Å². The quantitative estimate of drug-likeness (QED) is 0.823. The Morgan fingerprint density at radius 3 is 2.60 bits per heavy atom. The molecule has 1 aliphatic heterocycles. The molecule has 1 aliphatic rings. The zero-order chi connectivity index (χ0) is 17.8. The van der Waals surface area contributed by atoms with Crippen LogP contribution in [0.25, 0.3) is 6.08 Å². The van der Waals surface area contributed by atoms with E-state index in [2.05, 4.69) is 10.3 Å². The average Bonchev–Trinajstić information content (AvgIpc) is 2.95. The second kappa shape index (κ2) is 7.23. The van der Waals surface area contributed by atoms with Crippen molar-refractivity contribution in [1.82, 2.24) is 5.32 Å². The number of amidine groups is 1. The molecular formula is C18H14N2O4S. The van der Waals surface area contributed by atoms with Gasteiger partial charge in [-0.15, -0.1) is 0 Å². The minimum absolute atomic E-state index is 0.198. The maximum Gasteiger partial charge on any atom is 0.335 e. The Labute approximate surface area is 148 Å². The number of carboxylic acid groups (broad SMARTS) is 1. The molecule has 126 valence electrons. The minimum atomic E-state index is -0.988. The lowest BCUT2D eigenvalue weighted by atomic mass is 10.1. The van der Waals surface area contributed by atoms with E-state index in [0.717, 1.165) is 5.56 Å². The molecule has 0 spiro atoms. The summed E-state index contributed by atoms with van der Waals surface area (Å²) in [6, 6.07) is 13.6. The van der Waals surface area contributed by atoms with Crippen LogP contribution >= 0.6 is 11.8 Å². The van der Waals surface area contributed by atoms with Gasteiger partial charge in [-0.25, -0.2) is 9.79 Å². The van der Waals surface area contributed by atoms with Crippen LogP contribution < -0.4 is 10.1 Å². The van der Waals surface area contributed by atoms with E-state index < -0.39 is 5.97 Å². The zero-order valence-electron chi connectivity index (χ0n) is 13.2. The van der Waals surface area contributed by atoms with Crippen LogP contribution in [0.15, 0.2) is 58.4 Å². The Balaban J connectivity index is 1.82. The van der Waals surface area contributed by atoms with E-state index in [0.29, 0.717) is 21.5 Å². The van der Waals surface area contributed by atoms with Crippen LogP contribution in [0.1, 0.15) is 15.9 Å². The summed E-state index contributed by atoms with van der Waals surface area (Å²) in [7, 11) is 1.56. The molecule has 0 bridgehead atoms. The molecule has 6 nitrogen and oxygen atoms in total. The lowest BCUT2D eigenvalue weighted by molar-refractivity contribution is -0.115. The van der Waals surface area contributed by atoms with E-state index >= 15 is 0 Å². The third-order valence-corrected chi connectivity index (χ3v) is 4.32. The summed E-state index contributed by atoms with van der Waals surface area (Å²) in [4.78, 5) is 27.9. The molecule has 0 saturated carbocycles. The van der Waals surface area contributed by atoms with Gasteiger partial charge in [-0.3, -0.25) is 4.79 Å². The standard InChI is InChI=1S/C18H14N2O4S/c1-24-14-5-3-2-4-13(14)19-18-20-16(21)15(25-18)10-11-6-8-12(9-7-11)17(22)23/h2-10H,1H3,(H,22,23)(H,19,20,21)/b15-10+. The molecule has 3 rings (SSSR count). The van der Waals surface area contributed by atoms with Crippen LogP contribution in [0.5, 0.6) is 5.75 Å². The summed E-state index contributed by atoms with van der Waals surface area (Å²) in [5, 5.41) is 12.1. The highest BCUT2D eigenvalue weighted by Crippen LogP contribution is 2.31. The van der Waals surface area contributed by atoms with Gasteiger partial charge < -0.3 is 15.2 Å². The van der Waals surface area contributed by atoms with Gasteiger partial charge in [0.1, 0.15) is 11.4 Å². The first kappa shape index (κ1) is 16.8. The topological polar surface area (TPSA) is 88.0 Å². The number of aromatic carboxylic acids is 1. The predicted octanol–water partition coefficient (Wildman–Crippen LogP) is 3.29. The summed E-state index contributed by atoms with van der Waals surface area (Å²) in [5.41, 5.74) is 1.56. The van der Waals surface area contributed by atoms with Gasteiger partial charge in [0.05, 0.1) is 17.6 Å². The van der Waals surface area contributed by atoms with Crippen molar-refractivity contribution in [3.63, 3.8) is 0 Å². The number of ether oxygens (including phenoxy) is 1. The molecular weight excluding hydrogens is 340 g/mol. The molecule has 0 unspecified atom stereocenters. The van der Waals surface area contributed by atoms with Crippen molar-refractivity contribution in [2.45, 2.75) is 0 Å². The average molecular weight is 354 g/mol. The molecule has 25 heavy (non-hydrogen) atoms. The number of para-hydroxylation sites is 2. The maximum absolute atomic E-state index is 12.1. The van der Waals surface area contributed by atoms with Crippen LogP contribution in [0.4, 0.5) is 5.69 Å². The molecule has 0 atom stereocenters. The van der Waals surface area contributed by atoms with E-state index in [1.165, 1.54) is 23.9 Å². The molecule has 2 aromatic rings. The number of carbonyl (C=O) groups is 2. The van der Waals surface area contributed by atoms with Crippen LogP contribution in [0.2, 0.25) is 0 Å². The largest absolute Gasteiger partial charge is 0.494 e. The number of nitrogens with zero attached hydrogens (tertiary/aromatic N) is 1. The summed E-state index contributed by atoms with van der Waals surface area (Å²) < 4.78 is 5.24. The Bertz CT molecular complexity index is 888. The van der Waals surface area contributed by atoms with Crippen LogP contribution in [0, 0.1) is 0 Å². The molecule has 1 fully saturated rings. The van der Waals surface area contributed by atoms with Gasteiger partial charge in [0.25, 0.3) is 5.91 Å². The lowest BCUT2D eigenvalue weighted by Gasteiger charge is -2.03. The fraction of sp³-hybridized carbons (Fsp3) is 0.0556. The maximum atomic E-state index is 12.1. The third kappa shape index (κ3) is 3.89. The molecule has 7 heteroatoms. The summed E-state index contributed by atoms with van der Waals surface area (Å²) >= 11 is 1.22. The molecule has 0 radical (unpaired) electrons. The highest BCUT2D eigenvalue weighted by atomic mass is 32.2. The number of thioether (sulfide) groups is 1. The normalized spacial score (nSPS) is 16.9. The Morgan fingerprint density at radius 1 is 1.20 bits per heavy atom. The van der Waals surface area contributed by atoms with Crippen LogP contribution in [-0.4, -0.2) is 29.3 Å². The second-order valence-electron chi connectivity index (χ2n) is 5.08. The van der Waals surface area contributed by atoms with Crippen LogP contribution in [0.3, 0.4) is 0 Å². The molecule has 1 amide bonds. The van der Waals surface area contributed by atoms with Gasteiger partial charge in [0.2, 0.25) is 0 Å². The third-order valence-electron chi connectivity index (χ3n) is 3.41. The fourth-order valence-electron chi connectivity index (χ4n) is 2.19. The first-order valence-electron chi connectivity index (χ1n) is 7.33. The molecule has 1 heterocycles. The van der Waals surface area contributed by atoms with E-state index in [4.69, 9.17) is 9.84 Å². The molecule has 1 saturated heterocycles. The first-order valence-corrected chi connectivity index (χ1v) is 8.14. The van der Waals surface area contributed by atoms with E-state index in [-0.39, 0.29) is 11.5 Å². The predicted molar refractivity (Wildman–Crippen MR) is 97.2 cm³/mol. The van der Waals surface area contributed by atoms with Crippen molar-refractivity contribution in [3.8, 4) is 5.75 Å². The number of methoxy groups -OCH3 is 1. The number of nitrogens with one attached hydrogen (secondary N) is 1. The molecule has 0 aromatic heterocycles. The van der Waals surface area contributed by atoms with E-state index in [1.54, 1.807) is 37.5 Å². The van der Waals surface area contributed by atoms with Crippen molar-refractivity contribution in [2.24, 2.45) is 4.99 Å². The Kier molecular flexibility index (Phi) is 4.85. The lowest BCUT2D eigenvalue weighted by Crippen LogP contribution is -2.19. The van der Waals surface area contributed by atoms with Crippen molar-refractivity contribution in [3.05, 3.63) is 64.6 Å². The summed E-state index contributed by atoms with van der Waals surface area (Å²) in [6.07, 6.45) is 1.69. The summed E-state index contributed by atoms with van der Waals surface area (Å²) in [5.74, 6) is -0.620. The Morgan fingerprint density at radius 2 is 1.92 bits per heavy atom. The number of rotatable bonds is 4. The van der Waals surface area contributed by atoms with Crippen molar-refractivity contribution < 1.29 is 19.4 Å². The molecule has 0 aliphatic carbocycles. The summed E-state index contributed by atoms with van der Waals surface area (Å²) in [6.45, 7) is 0. The number of carbonyl (C=O) groups excluding carboxylic acids is 1. The van der Waals surface area contributed by atoms with E-state index in [1.807, 2.05) is 12.1 Å². The monoisotopic (exact) mass is 354 g/mol. The number of amides is 1. The highest BCUT2D eigenvalue weighted by molar-refractivity contribution is 8.18. The number of aliphatic imine (C=N–C) groups is 1. The zero-order valence-corrected chi connectivity index (χ0v) is 14.0.